The molecule has 0 fully saturated rings. The number of aromatic nitrogens is 4. The fourth-order valence-corrected chi connectivity index (χ4v) is 6.52. The van der Waals surface area contributed by atoms with E-state index in [0.29, 0.717) is 11.3 Å². The van der Waals surface area contributed by atoms with Crippen LogP contribution in [0, 0.1) is 0 Å². The van der Waals surface area contributed by atoms with E-state index in [1.165, 1.54) is 5.56 Å². The zero-order valence-corrected chi connectivity index (χ0v) is 28.2. The molecule has 8 aromatic rings. The molecule has 0 saturated heterocycles. The van der Waals surface area contributed by atoms with Crippen LogP contribution in [0.2, 0.25) is 0 Å². The summed E-state index contributed by atoms with van der Waals surface area (Å²) in [5.74, 6) is 1.05. The molecule has 0 aliphatic carbocycles. The lowest BCUT2D eigenvalue weighted by molar-refractivity contribution is 0.477. The number of phenols is 1. The summed E-state index contributed by atoms with van der Waals surface area (Å²) in [6.07, 6.45) is 1.89. The van der Waals surface area contributed by atoms with Gasteiger partial charge in [0.1, 0.15) is 11.6 Å². The first kappa shape index (κ1) is 31.0. The first-order chi connectivity index (χ1) is 24.3. The van der Waals surface area contributed by atoms with Crippen LogP contribution in [0.1, 0.15) is 26.3 Å². The van der Waals surface area contributed by atoms with Gasteiger partial charge in [0.15, 0.2) is 0 Å². The topological polar surface area (TPSA) is 63.8 Å². The van der Waals surface area contributed by atoms with Gasteiger partial charge in [0.2, 0.25) is 0 Å². The average molecular weight is 649 g/mol. The predicted octanol–water partition coefficient (Wildman–Crippen LogP) is 11.2. The molecule has 8 rings (SSSR count). The van der Waals surface area contributed by atoms with Crippen LogP contribution in [-0.4, -0.2) is 24.6 Å². The van der Waals surface area contributed by atoms with Gasteiger partial charge in [0, 0.05) is 34.0 Å². The first-order valence-electron chi connectivity index (χ1n) is 16.8. The van der Waals surface area contributed by atoms with Crippen molar-refractivity contribution in [1.82, 2.24) is 19.5 Å². The number of fused-ring (bicyclic) bond motifs is 1. The third-order valence-corrected chi connectivity index (χ3v) is 9.13. The van der Waals surface area contributed by atoms with Crippen molar-refractivity contribution in [1.29, 1.82) is 0 Å². The number of hydrogen-bond donors (Lipinski definition) is 1. The third-order valence-electron chi connectivity index (χ3n) is 9.13. The van der Waals surface area contributed by atoms with Crippen LogP contribution in [0.3, 0.4) is 0 Å². The highest BCUT2D eigenvalue weighted by atomic mass is 16.3. The lowest BCUT2D eigenvalue weighted by Crippen LogP contribution is -2.11. The van der Waals surface area contributed by atoms with Crippen LogP contribution in [-0.2, 0) is 5.41 Å². The van der Waals surface area contributed by atoms with Gasteiger partial charge < -0.3 is 5.11 Å². The van der Waals surface area contributed by atoms with Crippen molar-refractivity contribution in [2.24, 2.45) is 0 Å². The molecule has 0 atom stereocenters. The van der Waals surface area contributed by atoms with Crippen LogP contribution in [0.15, 0.2) is 158 Å². The van der Waals surface area contributed by atoms with Gasteiger partial charge in [-0.2, -0.15) is 0 Å². The van der Waals surface area contributed by atoms with Gasteiger partial charge in [-0.3, -0.25) is 9.55 Å². The van der Waals surface area contributed by atoms with E-state index >= 15 is 0 Å². The Bertz CT molecular complexity index is 2490. The SMILES string of the molecule is CC(C)(C)c1ccnc(-c2cccc(-c3cc(-c4ccccc4-n4c(-c5ccccc5)nc5ccccc54)cc(-c4ccccc4O)n3)c2)c1. The summed E-state index contributed by atoms with van der Waals surface area (Å²) < 4.78 is 2.24. The Morgan fingerprint density at radius 3 is 1.98 bits per heavy atom. The van der Waals surface area contributed by atoms with E-state index in [2.05, 4.69) is 128 Å². The van der Waals surface area contributed by atoms with Gasteiger partial charge in [-0.1, -0.05) is 112 Å². The Morgan fingerprint density at radius 2 is 1.18 bits per heavy atom. The van der Waals surface area contributed by atoms with Gasteiger partial charge in [0.05, 0.1) is 33.8 Å². The molecule has 0 aliphatic rings. The largest absolute Gasteiger partial charge is 0.507 e. The van der Waals surface area contributed by atoms with Crippen LogP contribution in [0.25, 0.3) is 73.0 Å². The van der Waals surface area contributed by atoms with E-state index < -0.39 is 0 Å². The molecule has 3 aromatic heterocycles. The van der Waals surface area contributed by atoms with Gasteiger partial charge in [-0.25, -0.2) is 9.97 Å². The number of imidazole rings is 1. The Balaban J connectivity index is 1.34. The molecule has 1 N–H and O–H groups in total. The summed E-state index contributed by atoms with van der Waals surface area (Å²) in [7, 11) is 0. The summed E-state index contributed by atoms with van der Waals surface area (Å²) in [5, 5.41) is 11.0. The van der Waals surface area contributed by atoms with Crippen LogP contribution >= 0.6 is 0 Å². The minimum atomic E-state index is 0.00606. The standard InChI is InChI=1S/C45H36N4O/c1-45(2,3)34-24-25-46-38(29-34)31-16-13-17-32(26-31)39-27-33(28-40(47-39)36-19-8-12-23-43(36)50)35-18-7-10-21-41(35)49-42-22-11-9-20-37(42)48-44(49)30-14-5-4-6-15-30/h4-29,50H,1-3H3. The van der Waals surface area contributed by atoms with E-state index in [1.807, 2.05) is 48.7 Å². The first-order valence-corrected chi connectivity index (χ1v) is 16.8. The number of para-hydroxylation sites is 4. The number of phenolic OH excluding ortho intramolecular Hbond substituents is 1. The average Bonchev–Trinajstić information content (AvgIpc) is 3.55. The van der Waals surface area contributed by atoms with Crippen LogP contribution in [0.5, 0.6) is 5.75 Å². The monoisotopic (exact) mass is 648 g/mol. The maximum atomic E-state index is 11.0. The second-order valence-electron chi connectivity index (χ2n) is 13.5. The maximum absolute atomic E-state index is 11.0. The normalized spacial score (nSPS) is 11.6. The lowest BCUT2D eigenvalue weighted by Gasteiger charge is -2.19. The summed E-state index contributed by atoms with van der Waals surface area (Å²) >= 11 is 0. The summed E-state index contributed by atoms with van der Waals surface area (Å²) in [5.41, 5.74) is 12.2. The van der Waals surface area contributed by atoms with Crippen molar-refractivity contribution >= 4 is 11.0 Å². The molecule has 5 aromatic carbocycles. The Kier molecular flexibility index (Phi) is 7.81. The third kappa shape index (κ3) is 5.84. The molecule has 0 bridgehead atoms. The number of pyridine rings is 2. The lowest BCUT2D eigenvalue weighted by atomic mass is 9.87. The second kappa shape index (κ2) is 12.6. The summed E-state index contributed by atoms with van der Waals surface area (Å²) in [6.45, 7) is 6.64. The highest BCUT2D eigenvalue weighted by Crippen LogP contribution is 2.39. The van der Waals surface area contributed by atoms with Crippen molar-refractivity contribution in [3.8, 4) is 67.7 Å². The molecule has 50 heavy (non-hydrogen) atoms. The molecule has 5 nitrogen and oxygen atoms in total. The number of rotatable bonds is 6. The second-order valence-corrected chi connectivity index (χ2v) is 13.5. The maximum Gasteiger partial charge on any atom is 0.145 e. The highest BCUT2D eigenvalue weighted by Gasteiger charge is 2.20. The van der Waals surface area contributed by atoms with Crippen LogP contribution in [0.4, 0.5) is 0 Å². The fourth-order valence-electron chi connectivity index (χ4n) is 6.52. The van der Waals surface area contributed by atoms with E-state index in [-0.39, 0.29) is 11.2 Å². The Labute approximate surface area is 292 Å². The Morgan fingerprint density at radius 1 is 0.520 bits per heavy atom. The number of hydrogen-bond acceptors (Lipinski definition) is 4. The van der Waals surface area contributed by atoms with E-state index in [1.54, 1.807) is 6.07 Å². The number of nitrogens with zero attached hydrogens (tertiary/aromatic N) is 4. The van der Waals surface area contributed by atoms with Gasteiger partial charge in [0.25, 0.3) is 0 Å². The summed E-state index contributed by atoms with van der Waals surface area (Å²) in [4.78, 5) is 15.0. The molecular formula is C45H36N4O. The number of aromatic hydroxyl groups is 1. The van der Waals surface area contributed by atoms with E-state index in [4.69, 9.17) is 15.0 Å². The molecule has 242 valence electrons. The quantitative estimate of drug-likeness (QED) is 0.195. The molecule has 0 radical (unpaired) electrons. The molecule has 3 heterocycles. The van der Waals surface area contributed by atoms with Crippen LogP contribution < -0.4 is 0 Å². The zero-order valence-electron chi connectivity index (χ0n) is 28.2. The van der Waals surface area contributed by atoms with Crippen molar-refractivity contribution in [3.63, 3.8) is 0 Å². The zero-order chi connectivity index (χ0) is 34.2. The molecule has 0 spiro atoms. The van der Waals surface area contributed by atoms with E-state index in [0.717, 1.165) is 61.8 Å². The molecule has 0 aliphatic heterocycles. The van der Waals surface area contributed by atoms with Gasteiger partial charge in [-0.05, 0) is 77.2 Å². The van der Waals surface area contributed by atoms with Crippen molar-refractivity contribution in [3.05, 3.63) is 163 Å². The number of benzene rings is 5. The highest BCUT2D eigenvalue weighted by molar-refractivity contribution is 5.88. The van der Waals surface area contributed by atoms with Gasteiger partial charge in [-0.15, -0.1) is 0 Å². The molecule has 0 saturated carbocycles. The molecular weight excluding hydrogens is 613 g/mol. The molecule has 0 unspecified atom stereocenters. The minimum Gasteiger partial charge on any atom is -0.507 e. The Hall–Kier alpha value is -6.33. The predicted molar refractivity (Wildman–Crippen MR) is 204 cm³/mol. The molecule has 5 heteroatoms. The smallest absolute Gasteiger partial charge is 0.145 e. The van der Waals surface area contributed by atoms with Crippen molar-refractivity contribution in [2.75, 3.05) is 0 Å². The minimum absolute atomic E-state index is 0.00606. The van der Waals surface area contributed by atoms with Gasteiger partial charge >= 0.3 is 0 Å². The summed E-state index contributed by atoms with van der Waals surface area (Å²) in [6, 6.07) is 51.2. The van der Waals surface area contributed by atoms with Crippen molar-refractivity contribution in [2.45, 2.75) is 26.2 Å². The van der Waals surface area contributed by atoms with Crippen molar-refractivity contribution < 1.29 is 5.11 Å². The van der Waals surface area contributed by atoms with E-state index in [9.17, 15) is 5.11 Å². The fraction of sp³-hybridized carbons (Fsp3) is 0.0889. The molecule has 0 amide bonds.